The lowest BCUT2D eigenvalue weighted by Crippen LogP contribution is -2.34. The molecule has 1 aromatic heterocycles. The molecule has 0 amide bonds. The predicted molar refractivity (Wildman–Crippen MR) is 81.4 cm³/mol. The maximum Gasteiger partial charge on any atom is 0.00171 e. The third-order valence-corrected chi connectivity index (χ3v) is 5.10. The molecule has 1 fully saturated rings. The van der Waals surface area contributed by atoms with Crippen LogP contribution in [0.4, 0.5) is 0 Å². The van der Waals surface area contributed by atoms with Crippen LogP contribution in [0.25, 0.3) is 0 Å². The molecule has 0 spiro atoms. The van der Waals surface area contributed by atoms with Gasteiger partial charge in [0.05, 0.1) is 0 Å². The summed E-state index contributed by atoms with van der Waals surface area (Å²) in [5.41, 5.74) is 1.60. The summed E-state index contributed by atoms with van der Waals surface area (Å²) in [6.07, 6.45) is 4.17. The minimum Gasteiger partial charge on any atom is -0.314 e. The molecule has 1 nitrogen and oxygen atoms in total. The van der Waals surface area contributed by atoms with Gasteiger partial charge < -0.3 is 5.32 Å². The SMILES string of the molecule is Cc1cc(C2CC(C)CCC2CNC(C)C)cs1. The Morgan fingerprint density at radius 2 is 2.17 bits per heavy atom. The third kappa shape index (κ3) is 3.58. The highest BCUT2D eigenvalue weighted by Gasteiger charge is 2.30. The largest absolute Gasteiger partial charge is 0.314 e. The number of rotatable bonds is 4. The van der Waals surface area contributed by atoms with E-state index < -0.39 is 0 Å². The van der Waals surface area contributed by atoms with Crippen molar-refractivity contribution in [2.24, 2.45) is 11.8 Å². The summed E-state index contributed by atoms with van der Waals surface area (Å²) in [5.74, 6) is 2.51. The highest BCUT2D eigenvalue weighted by molar-refractivity contribution is 7.10. The molecular formula is C16H27NS. The normalized spacial score (nSPS) is 28.8. The second-order valence-corrected chi connectivity index (χ2v) is 7.45. The number of aryl methyl sites for hydroxylation is 1. The van der Waals surface area contributed by atoms with Crippen molar-refractivity contribution in [2.75, 3.05) is 6.54 Å². The van der Waals surface area contributed by atoms with Gasteiger partial charge in [0.25, 0.3) is 0 Å². The lowest BCUT2D eigenvalue weighted by atomic mass is 9.72. The van der Waals surface area contributed by atoms with Crippen molar-refractivity contribution in [1.29, 1.82) is 0 Å². The monoisotopic (exact) mass is 265 g/mol. The van der Waals surface area contributed by atoms with E-state index in [1.165, 1.54) is 30.7 Å². The van der Waals surface area contributed by atoms with E-state index in [4.69, 9.17) is 0 Å². The fourth-order valence-corrected chi connectivity index (χ4v) is 3.91. The van der Waals surface area contributed by atoms with Crippen LogP contribution in [0.15, 0.2) is 11.4 Å². The molecule has 1 N–H and O–H groups in total. The Labute approximate surface area is 116 Å². The Morgan fingerprint density at radius 1 is 1.39 bits per heavy atom. The quantitative estimate of drug-likeness (QED) is 0.840. The Kier molecular flexibility index (Phi) is 4.85. The zero-order valence-electron chi connectivity index (χ0n) is 12.2. The summed E-state index contributed by atoms with van der Waals surface area (Å²) in [4.78, 5) is 1.46. The summed E-state index contributed by atoms with van der Waals surface area (Å²) in [5, 5.41) is 6.03. The number of hydrogen-bond donors (Lipinski definition) is 1. The van der Waals surface area contributed by atoms with Crippen LogP contribution in [-0.4, -0.2) is 12.6 Å². The molecule has 3 unspecified atom stereocenters. The van der Waals surface area contributed by atoms with Gasteiger partial charge in [0.2, 0.25) is 0 Å². The molecule has 2 heteroatoms. The van der Waals surface area contributed by atoms with E-state index in [0.29, 0.717) is 6.04 Å². The Morgan fingerprint density at radius 3 is 2.78 bits per heavy atom. The Hall–Kier alpha value is -0.340. The molecule has 18 heavy (non-hydrogen) atoms. The average Bonchev–Trinajstić information content (AvgIpc) is 2.74. The van der Waals surface area contributed by atoms with Crippen LogP contribution < -0.4 is 5.32 Å². The van der Waals surface area contributed by atoms with Crippen LogP contribution in [0.1, 0.15) is 56.4 Å². The van der Waals surface area contributed by atoms with Crippen LogP contribution >= 0.6 is 11.3 Å². The molecule has 3 atom stereocenters. The van der Waals surface area contributed by atoms with Crippen molar-refractivity contribution < 1.29 is 0 Å². The topological polar surface area (TPSA) is 12.0 Å². The van der Waals surface area contributed by atoms with E-state index in [0.717, 1.165) is 17.8 Å². The van der Waals surface area contributed by atoms with E-state index >= 15 is 0 Å². The molecule has 1 saturated carbocycles. The van der Waals surface area contributed by atoms with Gasteiger partial charge in [-0.3, -0.25) is 0 Å². The van der Waals surface area contributed by atoms with Crippen LogP contribution in [0.3, 0.4) is 0 Å². The lowest BCUT2D eigenvalue weighted by Gasteiger charge is -2.35. The smallest absolute Gasteiger partial charge is 0.00171 e. The maximum absolute atomic E-state index is 3.64. The number of thiophene rings is 1. The third-order valence-electron chi connectivity index (χ3n) is 4.22. The van der Waals surface area contributed by atoms with Crippen LogP contribution in [0.2, 0.25) is 0 Å². The highest BCUT2D eigenvalue weighted by Crippen LogP contribution is 2.41. The molecule has 2 rings (SSSR count). The van der Waals surface area contributed by atoms with Gasteiger partial charge in [0.15, 0.2) is 0 Å². The van der Waals surface area contributed by atoms with Gasteiger partial charge in [-0.1, -0.05) is 27.2 Å². The van der Waals surface area contributed by atoms with E-state index in [1.807, 2.05) is 11.3 Å². The molecule has 0 aromatic carbocycles. The first kappa shape index (κ1) is 14.1. The fraction of sp³-hybridized carbons (Fsp3) is 0.750. The first-order chi connectivity index (χ1) is 8.56. The molecular weight excluding hydrogens is 238 g/mol. The first-order valence-electron chi connectivity index (χ1n) is 7.34. The van der Waals surface area contributed by atoms with Gasteiger partial charge in [0.1, 0.15) is 0 Å². The van der Waals surface area contributed by atoms with Crippen molar-refractivity contribution in [3.63, 3.8) is 0 Å². The van der Waals surface area contributed by atoms with Crippen LogP contribution in [-0.2, 0) is 0 Å². The molecule has 1 aromatic rings. The summed E-state index contributed by atoms with van der Waals surface area (Å²) < 4.78 is 0. The first-order valence-corrected chi connectivity index (χ1v) is 8.22. The summed E-state index contributed by atoms with van der Waals surface area (Å²) in [6.45, 7) is 10.3. The van der Waals surface area contributed by atoms with Crippen molar-refractivity contribution in [2.45, 2.75) is 58.9 Å². The molecule has 0 saturated heterocycles. The second-order valence-electron chi connectivity index (χ2n) is 6.34. The zero-order chi connectivity index (χ0) is 13.1. The van der Waals surface area contributed by atoms with Crippen LogP contribution in [0, 0.1) is 18.8 Å². The van der Waals surface area contributed by atoms with E-state index in [2.05, 4.69) is 44.5 Å². The van der Waals surface area contributed by atoms with E-state index in [9.17, 15) is 0 Å². The molecule has 0 bridgehead atoms. The highest BCUT2D eigenvalue weighted by atomic mass is 32.1. The molecule has 1 aliphatic carbocycles. The predicted octanol–water partition coefficient (Wildman–Crippen LogP) is 4.57. The molecule has 1 heterocycles. The summed E-state index contributed by atoms with van der Waals surface area (Å²) in [6, 6.07) is 3.02. The molecule has 0 radical (unpaired) electrons. The van der Waals surface area contributed by atoms with Gasteiger partial charge in [-0.05, 0) is 61.1 Å². The second kappa shape index (κ2) is 6.21. The van der Waals surface area contributed by atoms with Crippen LogP contribution in [0.5, 0.6) is 0 Å². The number of hydrogen-bond acceptors (Lipinski definition) is 2. The Balaban J connectivity index is 2.06. The molecule has 102 valence electrons. The summed E-state index contributed by atoms with van der Waals surface area (Å²) in [7, 11) is 0. The standard InChI is InChI=1S/C16H27NS/c1-11(2)17-9-14-6-5-12(3)7-16(14)15-8-13(4)18-10-15/h8,10-12,14,16-17H,5-7,9H2,1-4H3. The van der Waals surface area contributed by atoms with Crippen molar-refractivity contribution in [1.82, 2.24) is 5.32 Å². The zero-order valence-corrected chi connectivity index (χ0v) is 13.0. The van der Waals surface area contributed by atoms with E-state index in [-0.39, 0.29) is 0 Å². The van der Waals surface area contributed by atoms with Gasteiger partial charge in [-0.2, -0.15) is 0 Å². The fourth-order valence-electron chi connectivity index (χ4n) is 3.14. The minimum absolute atomic E-state index is 0.606. The van der Waals surface area contributed by atoms with Gasteiger partial charge in [-0.15, -0.1) is 11.3 Å². The minimum atomic E-state index is 0.606. The molecule has 1 aliphatic rings. The van der Waals surface area contributed by atoms with Gasteiger partial charge in [0, 0.05) is 10.9 Å². The number of nitrogens with one attached hydrogen (secondary N) is 1. The molecule has 0 aliphatic heterocycles. The average molecular weight is 265 g/mol. The lowest BCUT2D eigenvalue weighted by molar-refractivity contribution is 0.238. The van der Waals surface area contributed by atoms with Crippen molar-refractivity contribution >= 4 is 11.3 Å². The van der Waals surface area contributed by atoms with E-state index in [1.54, 1.807) is 5.56 Å². The maximum atomic E-state index is 3.64. The van der Waals surface area contributed by atoms with Gasteiger partial charge in [-0.25, -0.2) is 0 Å². The Bertz CT molecular complexity index is 369. The van der Waals surface area contributed by atoms with Crippen molar-refractivity contribution in [3.05, 3.63) is 21.9 Å². The van der Waals surface area contributed by atoms with Crippen molar-refractivity contribution in [3.8, 4) is 0 Å². The summed E-state index contributed by atoms with van der Waals surface area (Å²) >= 11 is 1.91. The van der Waals surface area contributed by atoms with Gasteiger partial charge >= 0.3 is 0 Å².